The monoisotopic (exact) mass is 202 g/mol. The van der Waals surface area contributed by atoms with Gasteiger partial charge in [0, 0.05) is 0 Å². The highest BCUT2D eigenvalue weighted by molar-refractivity contribution is 4.68. The van der Waals surface area contributed by atoms with Gasteiger partial charge in [0.05, 0.1) is 12.2 Å². The van der Waals surface area contributed by atoms with Gasteiger partial charge in [-0.3, -0.25) is 0 Å². The molecule has 86 valence electrons. The zero-order valence-electron chi connectivity index (χ0n) is 10.0. The normalized spacial score (nSPS) is 20.1. The lowest BCUT2D eigenvalue weighted by Gasteiger charge is -2.21. The van der Waals surface area contributed by atoms with Crippen LogP contribution in [0.3, 0.4) is 0 Å². The molecular weight excluding hydrogens is 176 g/mol. The van der Waals surface area contributed by atoms with Gasteiger partial charge in [-0.05, 0) is 24.7 Å². The molecule has 4 atom stereocenters. The molecule has 0 aliphatic heterocycles. The van der Waals surface area contributed by atoms with E-state index in [-0.39, 0.29) is 12.2 Å². The highest BCUT2D eigenvalue weighted by atomic mass is 16.3. The van der Waals surface area contributed by atoms with Crippen molar-refractivity contribution in [3.05, 3.63) is 0 Å². The van der Waals surface area contributed by atoms with E-state index >= 15 is 0 Å². The number of rotatable bonds is 7. The molecule has 0 aromatic rings. The summed E-state index contributed by atoms with van der Waals surface area (Å²) in [6, 6.07) is 0. The van der Waals surface area contributed by atoms with Gasteiger partial charge in [-0.1, -0.05) is 40.5 Å². The third-order valence-electron chi connectivity index (χ3n) is 3.36. The summed E-state index contributed by atoms with van der Waals surface area (Å²) >= 11 is 0. The molecule has 0 amide bonds. The third kappa shape index (κ3) is 4.97. The van der Waals surface area contributed by atoms with Crippen LogP contribution in [0.15, 0.2) is 0 Å². The van der Waals surface area contributed by atoms with Gasteiger partial charge < -0.3 is 10.2 Å². The minimum Gasteiger partial charge on any atom is -0.393 e. The Hall–Kier alpha value is -0.0800. The van der Waals surface area contributed by atoms with Gasteiger partial charge >= 0.3 is 0 Å². The van der Waals surface area contributed by atoms with Crippen molar-refractivity contribution >= 4 is 0 Å². The van der Waals surface area contributed by atoms with Crippen LogP contribution in [0.4, 0.5) is 0 Å². The second kappa shape index (κ2) is 7.24. The number of hydrogen-bond acceptors (Lipinski definition) is 2. The van der Waals surface area contributed by atoms with Crippen molar-refractivity contribution in [1.29, 1.82) is 0 Å². The zero-order chi connectivity index (χ0) is 11.1. The van der Waals surface area contributed by atoms with Crippen LogP contribution in [0.1, 0.15) is 53.4 Å². The highest BCUT2D eigenvalue weighted by Crippen LogP contribution is 2.17. The molecule has 2 heteroatoms. The Labute approximate surface area is 88.3 Å². The summed E-state index contributed by atoms with van der Waals surface area (Å²) in [6.07, 6.45) is 2.94. The molecule has 0 aliphatic carbocycles. The van der Waals surface area contributed by atoms with Crippen molar-refractivity contribution in [3.8, 4) is 0 Å². The van der Waals surface area contributed by atoms with Gasteiger partial charge in [-0.2, -0.15) is 0 Å². The molecule has 0 heterocycles. The van der Waals surface area contributed by atoms with Crippen LogP contribution < -0.4 is 0 Å². The molecule has 0 saturated heterocycles. The largest absolute Gasteiger partial charge is 0.393 e. The molecule has 2 N–H and O–H groups in total. The van der Waals surface area contributed by atoms with E-state index < -0.39 is 0 Å². The fraction of sp³-hybridized carbons (Fsp3) is 1.00. The van der Waals surface area contributed by atoms with Crippen LogP contribution in [-0.2, 0) is 0 Å². The number of aliphatic hydroxyl groups excluding tert-OH is 2. The van der Waals surface area contributed by atoms with Gasteiger partial charge in [-0.25, -0.2) is 0 Å². The molecule has 0 spiro atoms. The summed E-state index contributed by atoms with van der Waals surface area (Å²) in [5, 5.41) is 19.4. The fourth-order valence-electron chi connectivity index (χ4n) is 1.45. The first-order valence-corrected chi connectivity index (χ1v) is 5.88. The summed E-state index contributed by atoms with van der Waals surface area (Å²) in [6.45, 7) is 8.28. The highest BCUT2D eigenvalue weighted by Gasteiger charge is 2.17. The quantitative estimate of drug-likeness (QED) is 0.666. The van der Waals surface area contributed by atoms with Crippen LogP contribution in [0.25, 0.3) is 0 Å². The summed E-state index contributed by atoms with van der Waals surface area (Å²) in [4.78, 5) is 0. The summed E-state index contributed by atoms with van der Waals surface area (Å²) in [7, 11) is 0. The first kappa shape index (κ1) is 13.9. The molecule has 0 bridgehead atoms. The minimum atomic E-state index is -0.251. The van der Waals surface area contributed by atoms with E-state index in [1.54, 1.807) is 0 Å². The van der Waals surface area contributed by atoms with Crippen molar-refractivity contribution in [3.63, 3.8) is 0 Å². The summed E-state index contributed by atoms with van der Waals surface area (Å²) in [5.41, 5.74) is 0. The molecule has 0 aromatic heterocycles. The molecule has 0 fully saturated rings. The Balaban J connectivity index is 3.70. The lowest BCUT2D eigenvalue weighted by molar-refractivity contribution is 0.0580. The van der Waals surface area contributed by atoms with E-state index in [4.69, 9.17) is 0 Å². The van der Waals surface area contributed by atoms with E-state index in [2.05, 4.69) is 27.7 Å². The average Bonchev–Trinajstić information content (AvgIpc) is 2.22. The molecule has 4 unspecified atom stereocenters. The van der Waals surface area contributed by atoms with E-state index in [0.717, 1.165) is 25.7 Å². The predicted octanol–water partition coefficient (Wildman–Crippen LogP) is 2.58. The first-order valence-electron chi connectivity index (χ1n) is 5.88. The molecule has 0 saturated carbocycles. The molecule has 0 aromatic carbocycles. The number of hydrogen-bond donors (Lipinski definition) is 2. The molecule has 14 heavy (non-hydrogen) atoms. The average molecular weight is 202 g/mol. The first-order chi connectivity index (χ1) is 6.52. The van der Waals surface area contributed by atoms with E-state index in [1.165, 1.54) is 0 Å². The SMILES string of the molecule is CCC(C)C(O)CCC(O)C(C)CC. The Kier molecular flexibility index (Phi) is 7.20. The number of aliphatic hydroxyl groups is 2. The molecule has 0 rings (SSSR count). The Bertz CT molecular complexity index is 120. The van der Waals surface area contributed by atoms with Gasteiger partial charge in [0.15, 0.2) is 0 Å². The van der Waals surface area contributed by atoms with Crippen LogP contribution in [-0.4, -0.2) is 22.4 Å². The van der Waals surface area contributed by atoms with Crippen molar-refractivity contribution < 1.29 is 10.2 Å². The van der Waals surface area contributed by atoms with Gasteiger partial charge in [0.2, 0.25) is 0 Å². The topological polar surface area (TPSA) is 40.5 Å². The van der Waals surface area contributed by atoms with Crippen molar-refractivity contribution in [1.82, 2.24) is 0 Å². The summed E-state index contributed by atoms with van der Waals surface area (Å²) in [5.74, 6) is 0.693. The Morgan fingerprint density at radius 2 is 1.07 bits per heavy atom. The molecular formula is C12H26O2. The van der Waals surface area contributed by atoms with E-state index in [1.807, 2.05) is 0 Å². The molecule has 0 aliphatic rings. The van der Waals surface area contributed by atoms with Crippen molar-refractivity contribution in [2.24, 2.45) is 11.8 Å². The van der Waals surface area contributed by atoms with Crippen LogP contribution >= 0.6 is 0 Å². The lowest BCUT2D eigenvalue weighted by Crippen LogP contribution is -2.22. The Morgan fingerprint density at radius 3 is 1.29 bits per heavy atom. The third-order valence-corrected chi connectivity index (χ3v) is 3.36. The molecule has 0 radical (unpaired) electrons. The predicted molar refractivity (Wildman–Crippen MR) is 60.2 cm³/mol. The molecule has 2 nitrogen and oxygen atoms in total. The summed E-state index contributed by atoms with van der Waals surface area (Å²) < 4.78 is 0. The van der Waals surface area contributed by atoms with Crippen LogP contribution in [0.5, 0.6) is 0 Å². The zero-order valence-corrected chi connectivity index (χ0v) is 10.0. The standard InChI is InChI=1S/C12H26O2/c1-5-9(3)11(13)7-8-12(14)10(4)6-2/h9-14H,5-8H2,1-4H3. The Morgan fingerprint density at radius 1 is 0.786 bits per heavy atom. The second-order valence-corrected chi connectivity index (χ2v) is 4.48. The lowest BCUT2D eigenvalue weighted by atomic mass is 9.92. The van der Waals surface area contributed by atoms with Crippen LogP contribution in [0, 0.1) is 11.8 Å². The minimum absolute atomic E-state index is 0.251. The van der Waals surface area contributed by atoms with Gasteiger partial charge in [0.1, 0.15) is 0 Å². The second-order valence-electron chi connectivity index (χ2n) is 4.48. The maximum absolute atomic E-state index is 9.71. The van der Waals surface area contributed by atoms with Crippen molar-refractivity contribution in [2.45, 2.75) is 65.6 Å². The van der Waals surface area contributed by atoms with Gasteiger partial charge in [0.25, 0.3) is 0 Å². The maximum Gasteiger partial charge on any atom is 0.0566 e. The van der Waals surface area contributed by atoms with E-state index in [9.17, 15) is 10.2 Å². The van der Waals surface area contributed by atoms with Gasteiger partial charge in [-0.15, -0.1) is 0 Å². The maximum atomic E-state index is 9.71. The smallest absolute Gasteiger partial charge is 0.0566 e. The van der Waals surface area contributed by atoms with E-state index in [0.29, 0.717) is 11.8 Å². The van der Waals surface area contributed by atoms with Crippen LogP contribution in [0.2, 0.25) is 0 Å². The fourth-order valence-corrected chi connectivity index (χ4v) is 1.45. The van der Waals surface area contributed by atoms with Crippen molar-refractivity contribution in [2.75, 3.05) is 0 Å².